The van der Waals surface area contributed by atoms with E-state index in [2.05, 4.69) is 37.1 Å². The van der Waals surface area contributed by atoms with Crippen molar-refractivity contribution in [2.24, 2.45) is 5.10 Å². The molecule has 142 valence electrons. The number of amides is 2. The van der Waals surface area contributed by atoms with E-state index < -0.39 is 11.8 Å². The number of hydrazone groups is 1. The van der Waals surface area contributed by atoms with E-state index in [1.165, 1.54) is 11.8 Å². The van der Waals surface area contributed by atoms with Gasteiger partial charge in [-0.3, -0.25) is 9.59 Å². The molecule has 0 aliphatic carbocycles. The molecule has 0 aromatic heterocycles. The second-order valence-electron chi connectivity index (χ2n) is 6.20. The summed E-state index contributed by atoms with van der Waals surface area (Å²) in [4.78, 5) is 23.5. The fourth-order valence-corrected chi connectivity index (χ4v) is 2.53. The number of hydrogen-bond acceptors (Lipinski definition) is 4. The van der Waals surface area contributed by atoms with Crippen LogP contribution < -0.4 is 16.1 Å². The van der Waals surface area contributed by atoms with Crippen LogP contribution in [0.1, 0.15) is 31.4 Å². The molecule has 0 aliphatic rings. The summed E-state index contributed by atoms with van der Waals surface area (Å²) in [6.07, 6.45) is 2.24. The minimum Gasteiger partial charge on any atom is -0.355 e. The first kappa shape index (κ1) is 20.6. The van der Waals surface area contributed by atoms with Gasteiger partial charge in [0, 0.05) is 27.5 Å². The van der Waals surface area contributed by atoms with Crippen LogP contribution in [0.25, 0.3) is 0 Å². The molecule has 0 saturated carbocycles. The third kappa shape index (κ3) is 6.53. The van der Waals surface area contributed by atoms with Crippen LogP contribution in [0.5, 0.6) is 0 Å². The summed E-state index contributed by atoms with van der Waals surface area (Å²) in [6, 6.07) is 13.6. The maximum Gasteiger partial charge on any atom is 0.329 e. The predicted molar refractivity (Wildman–Crippen MR) is 112 cm³/mol. The molecule has 0 radical (unpaired) electrons. The highest BCUT2D eigenvalue weighted by molar-refractivity contribution is 9.10. The fourth-order valence-electron chi connectivity index (χ4n) is 2.15. The first-order valence-electron chi connectivity index (χ1n) is 8.66. The van der Waals surface area contributed by atoms with Crippen LogP contribution in [0.4, 0.5) is 11.4 Å². The van der Waals surface area contributed by atoms with Crippen molar-refractivity contribution in [1.82, 2.24) is 10.7 Å². The Morgan fingerprint density at radius 2 is 1.85 bits per heavy atom. The lowest BCUT2D eigenvalue weighted by Gasteiger charge is -2.11. The number of rotatable bonds is 6. The van der Waals surface area contributed by atoms with Gasteiger partial charge >= 0.3 is 11.8 Å². The van der Waals surface area contributed by atoms with Gasteiger partial charge in [-0.15, -0.1) is 0 Å². The van der Waals surface area contributed by atoms with Crippen molar-refractivity contribution in [1.29, 1.82) is 0 Å². The first-order valence-corrected chi connectivity index (χ1v) is 9.45. The van der Waals surface area contributed by atoms with Crippen molar-refractivity contribution in [3.8, 4) is 0 Å². The fraction of sp³-hybridized carbons (Fsp3) is 0.250. The molecular weight excluding hydrogens is 408 g/mol. The van der Waals surface area contributed by atoms with Gasteiger partial charge in [-0.05, 0) is 50.6 Å². The molecule has 27 heavy (non-hydrogen) atoms. The number of anilines is 2. The number of nitrogens with zero attached hydrogens (tertiary/aromatic N) is 1. The molecule has 1 atom stereocenters. The lowest BCUT2D eigenvalue weighted by molar-refractivity contribution is -0.139. The van der Waals surface area contributed by atoms with Gasteiger partial charge in [0.25, 0.3) is 0 Å². The SMILES string of the molecule is CC[C@H](C)NC(=O)C(=O)N/N=C\c1cc(Br)ccc1Nc1ccc(C)cc1. The quantitative estimate of drug-likeness (QED) is 0.369. The van der Waals surface area contributed by atoms with Gasteiger partial charge in [0.15, 0.2) is 0 Å². The Kier molecular flexibility index (Phi) is 7.55. The summed E-state index contributed by atoms with van der Waals surface area (Å²) in [5, 5.41) is 9.82. The molecular formula is C20H23BrN4O2. The van der Waals surface area contributed by atoms with Gasteiger partial charge in [0.05, 0.1) is 6.21 Å². The van der Waals surface area contributed by atoms with Crippen molar-refractivity contribution in [2.45, 2.75) is 33.2 Å². The van der Waals surface area contributed by atoms with Crippen molar-refractivity contribution in [3.05, 3.63) is 58.1 Å². The molecule has 0 fully saturated rings. The zero-order valence-corrected chi connectivity index (χ0v) is 17.1. The van der Waals surface area contributed by atoms with Gasteiger partial charge < -0.3 is 10.6 Å². The zero-order chi connectivity index (χ0) is 19.8. The number of halogens is 1. The molecule has 2 aromatic rings. The minimum atomic E-state index is -0.797. The summed E-state index contributed by atoms with van der Waals surface area (Å²) in [7, 11) is 0. The van der Waals surface area contributed by atoms with Crippen LogP contribution in [0.2, 0.25) is 0 Å². The van der Waals surface area contributed by atoms with Crippen molar-refractivity contribution >= 4 is 45.3 Å². The lowest BCUT2D eigenvalue weighted by Crippen LogP contribution is -2.41. The molecule has 2 amide bonds. The second kappa shape index (κ2) is 9.87. The zero-order valence-electron chi connectivity index (χ0n) is 15.5. The van der Waals surface area contributed by atoms with E-state index in [1.807, 2.05) is 63.2 Å². The monoisotopic (exact) mass is 430 g/mol. The van der Waals surface area contributed by atoms with Crippen LogP contribution in [0, 0.1) is 6.92 Å². The number of carbonyl (C=O) groups excluding carboxylic acids is 2. The van der Waals surface area contributed by atoms with Crippen molar-refractivity contribution in [3.63, 3.8) is 0 Å². The largest absolute Gasteiger partial charge is 0.355 e. The highest BCUT2D eigenvalue weighted by Crippen LogP contribution is 2.23. The van der Waals surface area contributed by atoms with E-state index in [0.717, 1.165) is 27.8 Å². The third-order valence-electron chi connectivity index (χ3n) is 3.91. The van der Waals surface area contributed by atoms with Crippen LogP contribution >= 0.6 is 15.9 Å². The summed E-state index contributed by atoms with van der Waals surface area (Å²) < 4.78 is 0.874. The van der Waals surface area contributed by atoms with Gasteiger partial charge in [-0.1, -0.05) is 40.5 Å². The summed E-state index contributed by atoms with van der Waals surface area (Å²) in [6.45, 7) is 5.79. The first-order chi connectivity index (χ1) is 12.9. The molecule has 0 bridgehead atoms. The average molecular weight is 431 g/mol. The summed E-state index contributed by atoms with van der Waals surface area (Å²) >= 11 is 3.43. The predicted octanol–water partition coefficient (Wildman–Crippen LogP) is 3.87. The van der Waals surface area contributed by atoms with E-state index in [-0.39, 0.29) is 6.04 Å². The standard InChI is InChI=1S/C20H23BrN4O2/c1-4-14(3)23-19(26)20(27)25-22-12-15-11-16(21)7-10-18(15)24-17-8-5-13(2)6-9-17/h5-12,14,24H,4H2,1-3H3,(H,23,26)(H,25,27)/b22-12-/t14-/m0/s1. The highest BCUT2D eigenvalue weighted by Gasteiger charge is 2.14. The smallest absolute Gasteiger partial charge is 0.329 e. The van der Waals surface area contributed by atoms with Crippen LogP contribution in [-0.4, -0.2) is 24.1 Å². The maximum absolute atomic E-state index is 11.8. The van der Waals surface area contributed by atoms with Crippen LogP contribution in [0.15, 0.2) is 52.0 Å². The second-order valence-corrected chi connectivity index (χ2v) is 7.12. The Labute approximate surface area is 167 Å². The minimum absolute atomic E-state index is 0.0670. The van der Waals surface area contributed by atoms with Gasteiger partial charge in [0.2, 0.25) is 0 Å². The van der Waals surface area contributed by atoms with Crippen LogP contribution in [0.3, 0.4) is 0 Å². The van der Waals surface area contributed by atoms with Gasteiger partial charge in [-0.25, -0.2) is 5.43 Å². The third-order valence-corrected chi connectivity index (χ3v) is 4.40. The van der Waals surface area contributed by atoms with Crippen molar-refractivity contribution in [2.75, 3.05) is 5.32 Å². The topological polar surface area (TPSA) is 82.6 Å². The maximum atomic E-state index is 11.8. The molecule has 3 N–H and O–H groups in total. The van der Waals surface area contributed by atoms with E-state index in [1.54, 1.807) is 0 Å². The van der Waals surface area contributed by atoms with Crippen LogP contribution in [-0.2, 0) is 9.59 Å². The van der Waals surface area contributed by atoms with E-state index >= 15 is 0 Å². The molecule has 0 spiro atoms. The number of hydrogen-bond donors (Lipinski definition) is 3. The Morgan fingerprint density at radius 3 is 2.52 bits per heavy atom. The summed E-state index contributed by atoms with van der Waals surface area (Å²) in [5.74, 6) is -1.50. The Hall–Kier alpha value is -2.67. The van der Waals surface area contributed by atoms with E-state index in [4.69, 9.17) is 0 Å². The molecule has 7 heteroatoms. The van der Waals surface area contributed by atoms with Gasteiger partial charge in [0.1, 0.15) is 0 Å². The summed E-state index contributed by atoms with van der Waals surface area (Å²) in [5.41, 5.74) is 5.95. The van der Waals surface area contributed by atoms with Gasteiger partial charge in [-0.2, -0.15) is 5.10 Å². The number of aryl methyl sites for hydroxylation is 1. The molecule has 0 unspecified atom stereocenters. The van der Waals surface area contributed by atoms with E-state index in [9.17, 15) is 9.59 Å². The lowest BCUT2D eigenvalue weighted by atomic mass is 10.1. The molecule has 2 rings (SSSR count). The Morgan fingerprint density at radius 1 is 1.15 bits per heavy atom. The number of nitrogens with one attached hydrogen (secondary N) is 3. The van der Waals surface area contributed by atoms with Crippen molar-refractivity contribution < 1.29 is 9.59 Å². The average Bonchev–Trinajstić information content (AvgIpc) is 2.65. The van der Waals surface area contributed by atoms with E-state index in [0.29, 0.717) is 0 Å². The molecule has 2 aromatic carbocycles. The Bertz CT molecular complexity index is 834. The molecule has 0 heterocycles. The number of benzene rings is 2. The highest BCUT2D eigenvalue weighted by atomic mass is 79.9. The molecule has 0 saturated heterocycles. The Balaban J connectivity index is 2.07. The molecule has 6 nitrogen and oxygen atoms in total. The normalized spacial score (nSPS) is 11.9. The number of carbonyl (C=O) groups is 2. The molecule has 0 aliphatic heterocycles.